The van der Waals surface area contributed by atoms with Crippen LogP contribution in [0, 0.1) is 0 Å². The van der Waals surface area contributed by atoms with Gasteiger partial charge in [0.1, 0.15) is 11.5 Å². The van der Waals surface area contributed by atoms with E-state index in [2.05, 4.69) is 21.9 Å². The maximum absolute atomic E-state index is 12.9. The van der Waals surface area contributed by atoms with Gasteiger partial charge in [-0.05, 0) is 55.2 Å². The highest BCUT2D eigenvalue weighted by Crippen LogP contribution is 2.44. The normalized spacial score (nSPS) is 13.7. The molecular formula is C26H31N3O6S. The molecule has 0 atom stereocenters. The summed E-state index contributed by atoms with van der Waals surface area (Å²) < 4.78 is 34.2. The fourth-order valence-electron chi connectivity index (χ4n) is 4.24. The van der Waals surface area contributed by atoms with Crippen molar-refractivity contribution >= 4 is 33.0 Å². The van der Waals surface area contributed by atoms with Crippen LogP contribution in [0.1, 0.15) is 72.1 Å². The lowest BCUT2D eigenvalue weighted by Gasteiger charge is -2.10. The predicted octanol–water partition coefficient (Wildman–Crippen LogP) is 3.97. The van der Waals surface area contributed by atoms with Gasteiger partial charge in [-0.1, -0.05) is 31.2 Å². The van der Waals surface area contributed by atoms with Gasteiger partial charge in [-0.2, -0.15) is 0 Å². The van der Waals surface area contributed by atoms with E-state index in [0.717, 1.165) is 36.0 Å². The molecule has 0 unspecified atom stereocenters. The first-order valence-corrected chi connectivity index (χ1v) is 13.8. The number of unbranched alkanes of at least 4 members (excludes halogenated alkanes) is 1. The molecular weight excluding hydrogens is 482 g/mol. The minimum absolute atomic E-state index is 0.00144. The monoisotopic (exact) mass is 513 g/mol. The first-order chi connectivity index (χ1) is 17.2. The number of aliphatic carboxylic acids is 1. The summed E-state index contributed by atoms with van der Waals surface area (Å²) in [7, 11) is -2.14. The number of carbonyl (C=O) groups is 2. The molecule has 3 N–H and O–H groups in total. The summed E-state index contributed by atoms with van der Waals surface area (Å²) in [4.78, 5) is 28.1. The molecule has 1 fully saturated rings. The molecule has 9 nitrogen and oxygen atoms in total. The van der Waals surface area contributed by atoms with Crippen molar-refractivity contribution in [2.24, 2.45) is 0 Å². The SMILES string of the molecule is CCc1ccc(-c2oc3nc(CS(=O)(=O)NCCCCC(=O)O)c(C4CC4)cc3c2C(=O)NC)cc1. The summed E-state index contributed by atoms with van der Waals surface area (Å²) in [5.74, 6) is -0.917. The van der Waals surface area contributed by atoms with Crippen molar-refractivity contribution in [3.63, 3.8) is 0 Å². The van der Waals surface area contributed by atoms with E-state index >= 15 is 0 Å². The number of aryl methyl sites for hydroxylation is 1. The van der Waals surface area contributed by atoms with Crippen molar-refractivity contribution < 1.29 is 27.5 Å². The van der Waals surface area contributed by atoms with Gasteiger partial charge in [0.2, 0.25) is 15.7 Å². The van der Waals surface area contributed by atoms with Crippen molar-refractivity contribution in [3.05, 3.63) is 52.7 Å². The van der Waals surface area contributed by atoms with Gasteiger partial charge in [-0.3, -0.25) is 9.59 Å². The van der Waals surface area contributed by atoms with Crippen LogP contribution in [0.2, 0.25) is 0 Å². The molecule has 0 radical (unpaired) electrons. The number of pyridine rings is 1. The molecule has 10 heteroatoms. The molecule has 1 amide bonds. The van der Waals surface area contributed by atoms with E-state index in [-0.39, 0.29) is 36.3 Å². The van der Waals surface area contributed by atoms with Crippen LogP contribution in [0.25, 0.3) is 22.4 Å². The maximum Gasteiger partial charge on any atom is 0.303 e. The van der Waals surface area contributed by atoms with E-state index in [1.807, 2.05) is 30.3 Å². The standard InChI is InChI=1S/C26H31N3O6S/c1-3-16-7-9-18(10-8-16)24-23(25(32)27-2)20-14-19(17-11-12-17)21(29-26(20)35-24)15-36(33,34)28-13-5-4-6-22(30)31/h7-10,14,17,28H,3-6,11-13,15H2,1-2H3,(H,27,32)(H,30,31). The number of amides is 1. The van der Waals surface area contributed by atoms with E-state index in [4.69, 9.17) is 9.52 Å². The van der Waals surface area contributed by atoms with Crippen LogP contribution in [0.3, 0.4) is 0 Å². The summed E-state index contributed by atoms with van der Waals surface area (Å²) in [6.45, 7) is 2.23. The lowest BCUT2D eigenvalue weighted by atomic mass is 10.0. The fraction of sp³-hybridized carbons (Fsp3) is 0.423. The summed E-state index contributed by atoms with van der Waals surface area (Å²) in [6.07, 6.45) is 3.58. The smallest absolute Gasteiger partial charge is 0.303 e. The van der Waals surface area contributed by atoms with Gasteiger partial charge in [0.15, 0.2) is 0 Å². The third-order valence-corrected chi connectivity index (χ3v) is 7.65. The zero-order valence-electron chi connectivity index (χ0n) is 20.5. The Hall–Kier alpha value is -3.24. The van der Waals surface area contributed by atoms with E-state index in [9.17, 15) is 18.0 Å². The molecule has 4 rings (SSSR count). The van der Waals surface area contributed by atoms with E-state index in [1.165, 1.54) is 0 Å². The third kappa shape index (κ3) is 5.93. The molecule has 0 spiro atoms. The molecule has 0 saturated heterocycles. The summed E-state index contributed by atoms with van der Waals surface area (Å²) >= 11 is 0. The zero-order valence-corrected chi connectivity index (χ0v) is 21.3. The quantitative estimate of drug-likeness (QED) is 0.312. The number of benzene rings is 1. The molecule has 0 aliphatic heterocycles. The minimum atomic E-state index is -3.70. The Morgan fingerprint density at radius 3 is 2.50 bits per heavy atom. The number of carbonyl (C=O) groups excluding carboxylic acids is 1. The zero-order chi connectivity index (χ0) is 25.9. The highest BCUT2D eigenvalue weighted by molar-refractivity contribution is 7.88. The number of carboxylic acid groups (broad SMARTS) is 1. The van der Waals surface area contributed by atoms with Crippen molar-refractivity contribution in [1.82, 2.24) is 15.0 Å². The number of aromatic nitrogens is 1. The number of fused-ring (bicyclic) bond motifs is 1. The predicted molar refractivity (Wildman–Crippen MR) is 136 cm³/mol. The second-order valence-corrected chi connectivity index (χ2v) is 10.9. The van der Waals surface area contributed by atoms with Crippen LogP contribution in [0.4, 0.5) is 0 Å². The van der Waals surface area contributed by atoms with Gasteiger partial charge in [0.05, 0.1) is 16.6 Å². The Morgan fingerprint density at radius 1 is 1.17 bits per heavy atom. The Kier molecular flexibility index (Phi) is 7.75. The second-order valence-electron chi connectivity index (χ2n) is 9.09. The molecule has 192 valence electrons. The van der Waals surface area contributed by atoms with Crippen LogP contribution < -0.4 is 10.0 Å². The topological polar surface area (TPSA) is 139 Å². The number of furan rings is 1. The molecule has 2 heterocycles. The molecule has 3 aromatic rings. The van der Waals surface area contributed by atoms with E-state index in [1.54, 1.807) is 7.05 Å². The van der Waals surface area contributed by atoms with Crippen molar-refractivity contribution in [3.8, 4) is 11.3 Å². The Bertz CT molecular complexity index is 1370. The van der Waals surface area contributed by atoms with Gasteiger partial charge in [-0.15, -0.1) is 0 Å². The Balaban J connectivity index is 1.68. The Labute approximate surface area is 210 Å². The van der Waals surface area contributed by atoms with Crippen molar-refractivity contribution in [2.45, 2.75) is 57.1 Å². The number of rotatable bonds is 12. The maximum atomic E-state index is 12.9. The van der Waals surface area contributed by atoms with Gasteiger partial charge in [0.25, 0.3) is 5.91 Å². The molecule has 2 aromatic heterocycles. The fourth-order valence-corrected chi connectivity index (χ4v) is 5.39. The lowest BCUT2D eigenvalue weighted by Crippen LogP contribution is -2.27. The van der Waals surface area contributed by atoms with Crippen LogP contribution in [0.15, 0.2) is 34.7 Å². The average Bonchev–Trinajstić information content (AvgIpc) is 3.63. The van der Waals surface area contributed by atoms with Crippen LogP contribution >= 0.6 is 0 Å². The van der Waals surface area contributed by atoms with Gasteiger partial charge < -0.3 is 14.8 Å². The first-order valence-electron chi connectivity index (χ1n) is 12.2. The van der Waals surface area contributed by atoms with E-state index in [0.29, 0.717) is 35.2 Å². The van der Waals surface area contributed by atoms with Gasteiger partial charge in [-0.25, -0.2) is 18.1 Å². The highest BCUT2D eigenvalue weighted by Gasteiger charge is 2.31. The summed E-state index contributed by atoms with van der Waals surface area (Å²) in [6, 6.07) is 9.64. The van der Waals surface area contributed by atoms with E-state index < -0.39 is 16.0 Å². The van der Waals surface area contributed by atoms with Gasteiger partial charge in [0, 0.05) is 25.6 Å². The number of sulfonamides is 1. The summed E-state index contributed by atoms with van der Waals surface area (Å²) in [5, 5.41) is 12.0. The van der Waals surface area contributed by atoms with Crippen LogP contribution in [-0.2, 0) is 27.0 Å². The summed E-state index contributed by atoms with van der Waals surface area (Å²) in [5.41, 5.74) is 3.74. The molecule has 36 heavy (non-hydrogen) atoms. The first kappa shape index (κ1) is 25.8. The number of nitrogens with zero attached hydrogens (tertiary/aromatic N) is 1. The third-order valence-electron chi connectivity index (χ3n) is 6.36. The molecule has 1 aliphatic rings. The second kappa shape index (κ2) is 10.8. The average molecular weight is 514 g/mol. The van der Waals surface area contributed by atoms with Gasteiger partial charge >= 0.3 is 5.97 Å². The van der Waals surface area contributed by atoms with Crippen molar-refractivity contribution in [2.75, 3.05) is 13.6 Å². The van der Waals surface area contributed by atoms with Crippen LogP contribution in [-0.4, -0.2) is 44.0 Å². The lowest BCUT2D eigenvalue weighted by molar-refractivity contribution is -0.137. The number of carboxylic acids is 1. The largest absolute Gasteiger partial charge is 0.481 e. The van der Waals surface area contributed by atoms with Crippen molar-refractivity contribution in [1.29, 1.82) is 0 Å². The molecule has 1 aromatic carbocycles. The van der Waals surface area contributed by atoms with Crippen LogP contribution in [0.5, 0.6) is 0 Å². The molecule has 0 bridgehead atoms. The number of nitrogens with one attached hydrogen (secondary N) is 2. The number of hydrogen-bond donors (Lipinski definition) is 3. The highest BCUT2D eigenvalue weighted by atomic mass is 32.2. The molecule has 1 saturated carbocycles. The minimum Gasteiger partial charge on any atom is -0.481 e. The number of hydrogen-bond acceptors (Lipinski definition) is 6. The molecule has 1 aliphatic carbocycles. The Morgan fingerprint density at radius 2 is 1.89 bits per heavy atom.